The maximum atomic E-state index is 5.96. The molecule has 0 atom stereocenters. The third kappa shape index (κ3) is 2.10. The minimum Gasteiger partial charge on any atom is -0.391 e. The van der Waals surface area contributed by atoms with Crippen LogP contribution in [0.2, 0.25) is 26.2 Å². The minimum absolute atomic E-state index is 0.307. The predicted octanol–water partition coefficient (Wildman–Crippen LogP) is 1.22. The zero-order valence-electron chi connectivity index (χ0n) is 9.25. The van der Waals surface area contributed by atoms with Gasteiger partial charge in [0.25, 0.3) is 0 Å². The summed E-state index contributed by atoms with van der Waals surface area (Å²) in [6.07, 6.45) is 0. The molecule has 82 valence electrons. The average Bonchev–Trinajstić information content (AvgIpc) is 2.36. The van der Waals surface area contributed by atoms with Gasteiger partial charge in [0.15, 0.2) is 0 Å². The van der Waals surface area contributed by atoms with Crippen LogP contribution >= 0.6 is 0 Å². The number of hydrogen-bond donors (Lipinski definition) is 0. The maximum absolute atomic E-state index is 5.96. The van der Waals surface area contributed by atoms with Crippen LogP contribution in [0, 0.1) is 0 Å². The Morgan fingerprint density at radius 2 is 1.21 bits per heavy atom. The summed E-state index contributed by atoms with van der Waals surface area (Å²) < 4.78 is 23.1. The molecule has 0 amide bonds. The standard InChI is InChI=1S/C8H18O4Si2/c1-13(2)9-5-8(6-10-13)7-11-14(3,4)12-8/h5-7H2,1-4H3. The molecule has 2 aliphatic rings. The van der Waals surface area contributed by atoms with Gasteiger partial charge in [-0.1, -0.05) is 0 Å². The van der Waals surface area contributed by atoms with Crippen molar-refractivity contribution in [1.82, 2.24) is 0 Å². The molecule has 2 rings (SSSR count). The molecule has 0 aromatic heterocycles. The number of rotatable bonds is 0. The van der Waals surface area contributed by atoms with Gasteiger partial charge in [-0.15, -0.1) is 0 Å². The summed E-state index contributed by atoms with van der Waals surface area (Å²) in [7, 11) is -3.74. The van der Waals surface area contributed by atoms with Gasteiger partial charge in [-0.25, -0.2) is 0 Å². The summed E-state index contributed by atoms with van der Waals surface area (Å²) in [6.45, 7) is 10.1. The summed E-state index contributed by atoms with van der Waals surface area (Å²) in [5, 5.41) is 0. The van der Waals surface area contributed by atoms with E-state index in [4.69, 9.17) is 17.7 Å². The van der Waals surface area contributed by atoms with E-state index in [0.717, 1.165) is 0 Å². The molecule has 1 spiro atoms. The predicted molar refractivity (Wildman–Crippen MR) is 56.6 cm³/mol. The van der Waals surface area contributed by atoms with E-state index >= 15 is 0 Å². The van der Waals surface area contributed by atoms with E-state index in [1.165, 1.54) is 0 Å². The highest BCUT2D eigenvalue weighted by molar-refractivity contribution is 6.65. The Morgan fingerprint density at radius 1 is 0.786 bits per heavy atom. The van der Waals surface area contributed by atoms with Crippen LogP contribution in [0.4, 0.5) is 0 Å². The first-order valence-electron chi connectivity index (χ1n) is 4.95. The first-order chi connectivity index (χ1) is 6.33. The Bertz CT molecular complexity index is 231. The minimum atomic E-state index is -1.89. The SMILES string of the molecule is C[Si]1(C)OCC2(CO1)CO[Si](C)(C)O2. The van der Waals surface area contributed by atoms with Crippen LogP contribution in [0.3, 0.4) is 0 Å². The highest BCUT2D eigenvalue weighted by atomic mass is 28.4. The number of hydrogen-bond acceptors (Lipinski definition) is 4. The van der Waals surface area contributed by atoms with E-state index in [1.54, 1.807) is 0 Å². The van der Waals surface area contributed by atoms with Crippen molar-refractivity contribution >= 4 is 17.1 Å². The topological polar surface area (TPSA) is 36.9 Å². The lowest BCUT2D eigenvalue weighted by Gasteiger charge is -2.39. The molecular formula is C8H18O4Si2. The van der Waals surface area contributed by atoms with E-state index in [1.807, 2.05) is 0 Å². The van der Waals surface area contributed by atoms with Gasteiger partial charge in [0.2, 0.25) is 0 Å². The molecular weight excluding hydrogens is 216 g/mol. The van der Waals surface area contributed by atoms with Gasteiger partial charge in [0.1, 0.15) is 5.60 Å². The van der Waals surface area contributed by atoms with Crippen molar-refractivity contribution in [2.24, 2.45) is 0 Å². The molecule has 2 heterocycles. The Morgan fingerprint density at radius 3 is 1.64 bits per heavy atom. The normalized spacial score (nSPS) is 33.4. The van der Waals surface area contributed by atoms with Gasteiger partial charge in [-0.3, -0.25) is 0 Å². The van der Waals surface area contributed by atoms with Crippen molar-refractivity contribution in [1.29, 1.82) is 0 Å². The first-order valence-corrected chi connectivity index (χ1v) is 10.6. The zero-order chi connectivity index (χ0) is 10.4. The molecule has 14 heavy (non-hydrogen) atoms. The largest absolute Gasteiger partial charge is 0.391 e. The summed E-state index contributed by atoms with van der Waals surface area (Å²) in [6, 6.07) is 0. The van der Waals surface area contributed by atoms with Gasteiger partial charge in [0, 0.05) is 0 Å². The lowest BCUT2D eigenvalue weighted by atomic mass is 10.1. The monoisotopic (exact) mass is 234 g/mol. The van der Waals surface area contributed by atoms with Gasteiger partial charge < -0.3 is 17.7 Å². The first kappa shape index (κ1) is 10.8. The van der Waals surface area contributed by atoms with E-state index in [-0.39, 0.29) is 5.60 Å². The second kappa shape index (κ2) is 3.13. The van der Waals surface area contributed by atoms with Crippen LogP contribution in [0.25, 0.3) is 0 Å². The van der Waals surface area contributed by atoms with E-state index < -0.39 is 17.1 Å². The van der Waals surface area contributed by atoms with Crippen molar-refractivity contribution < 1.29 is 17.7 Å². The molecule has 2 saturated heterocycles. The van der Waals surface area contributed by atoms with Crippen molar-refractivity contribution in [2.75, 3.05) is 19.8 Å². The Labute approximate surface area is 87.0 Å². The fourth-order valence-corrected chi connectivity index (χ4v) is 4.92. The van der Waals surface area contributed by atoms with Gasteiger partial charge in [-0.05, 0) is 26.2 Å². The molecule has 0 saturated carbocycles. The van der Waals surface area contributed by atoms with Crippen molar-refractivity contribution in [3.63, 3.8) is 0 Å². The van der Waals surface area contributed by atoms with Crippen LogP contribution in [0.15, 0.2) is 0 Å². The zero-order valence-corrected chi connectivity index (χ0v) is 11.3. The highest BCUT2D eigenvalue weighted by Crippen LogP contribution is 2.33. The van der Waals surface area contributed by atoms with Crippen molar-refractivity contribution in [3.8, 4) is 0 Å². The summed E-state index contributed by atoms with van der Waals surface area (Å²) in [5.74, 6) is 0. The molecule has 0 N–H and O–H groups in total. The summed E-state index contributed by atoms with van der Waals surface area (Å²) >= 11 is 0. The molecule has 6 heteroatoms. The lowest BCUT2D eigenvalue weighted by molar-refractivity contribution is -0.0605. The average molecular weight is 234 g/mol. The molecule has 0 bridgehead atoms. The van der Waals surface area contributed by atoms with Gasteiger partial charge in [0.05, 0.1) is 19.8 Å². The van der Waals surface area contributed by atoms with Crippen molar-refractivity contribution in [2.45, 2.75) is 31.8 Å². The molecule has 0 unspecified atom stereocenters. The Kier molecular flexibility index (Phi) is 2.41. The second-order valence-electron chi connectivity index (χ2n) is 4.95. The second-order valence-corrected chi connectivity index (χ2v) is 11.6. The molecule has 2 aliphatic heterocycles. The Balaban J connectivity index is 2.01. The van der Waals surface area contributed by atoms with Crippen LogP contribution < -0.4 is 0 Å². The Hall–Kier alpha value is 0.274. The van der Waals surface area contributed by atoms with E-state index in [9.17, 15) is 0 Å². The highest BCUT2D eigenvalue weighted by Gasteiger charge is 2.51. The molecule has 0 aromatic rings. The molecule has 0 aromatic carbocycles. The van der Waals surface area contributed by atoms with Crippen LogP contribution in [-0.2, 0) is 17.7 Å². The smallest absolute Gasteiger partial charge is 0.332 e. The summed E-state index contributed by atoms with van der Waals surface area (Å²) in [4.78, 5) is 0. The van der Waals surface area contributed by atoms with Crippen LogP contribution in [0.5, 0.6) is 0 Å². The van der Waals surface area contributed by atoms with Crippen molar-refractivity contribution in [3.05, 3.63) is 0 Å². The summed E-state index contributed by atoms with van der Waals surface area (Å²) in [5.41, 5.74) is -0.307. The van der Waals surface area contributed by atoms with Crippen LogP contribution in [-0.4, -0.2) is 42.5 Å². The fourth-order valence-electron chi connectivity index (χ4n) is 1.72. The van der Waals surface area contributed by atoms with Gasteiger partial charge >= 0.3 is 17.1 Å². The fraction of sp³-hybridized carbons (Fsp3) is 1.00. The lowest BCUT2D eigenvalue weighted by Crippen LogP contribution is -2.56. The maximum Gasteiger partial charge on any atom is 0.332 e. The van der Waals surface area contributed by atoms with Gasteiger partial charge in [-0.2, -0.15) is 0 Å². The molecule has 0 radical (unpaired) electrons. The van der Waals surface area contributed by atoms with E-state index in [2.05, 4.69) is 26.2 Å². The molecule has 4 nitrogen and oxygen atoms in total. The van der Waals surface area contributed by atoms with E-state index in [0.29, 0.717) is 19.8 Å². The quantitative estimate of drug-likeness (QED) is 0.591. The van der Waals surface area contributed by atoms with Crippen LogP contribution in [0.1, 0.15) is 0 Å². The molecule has 0 aliphatic carbocycles. The third-order valence-corrected chi connectivity index (χ3v) is 5.95. The molecule has 2 fully saturated rings. The third-order valence-electron chi connectivity index (χ3n) is 2.51.